The standard InChI is InChI=1S/C48H80N2.Pd/c1-4-7-8-9-10-11-12-13-14-15-16-17-18-19-20-21-22-23-24-25-26-27-28-29-30-32-39-48(43-49-46-37-33-31-34-38-46)50-47-41-40-44(35-5-2)45(42-47)36-6-3;/h31,33-34,37-38,40-43H,4-30,32,35-36,39H2,1-3H3;. The topological polar surface area (TPSA) is 24.7 Å². The molecule has 0 N–H and O–H groups in total. The van der Waals surface area contributed by atoms with Crippen molar-refractivity contribution in [3.63, 3.8) is 0 Å². The molecule has 0 aromatic heterocycles. The molecule has 3 heteroatoms. The number of aliphatic imine (C=N–C) groups is 2. The normalized spacial score (nSPS) is 11.8. The minimum absolute atomic E-state index is 0. The van der Waals surface area contributed by atoms with Crippen molar-refractivity contribution in [2.75, 3.05) is 0 Å². The summed E-state index contributed by atoms with van der Waals surface area (Å²) in [7, 11) is 0. The first-order valence-corrected chi connectivity index (χ1v) is 22.0. The Balaban J connectivity index is 0.0000130. The van der Waals surface area contributed by atoms with Crippen LogP contribution >= 0.6 is 0 Å². The molecule has 0 bridgehead atoms. The third kappa shape index (κ3) is 26.8. The van der Waals surface area contributed by atoms with Crippen LogP contribution < -0.4 is 0 Å². The molecule has 0 fully saturated rings. The van der Waals surface area contributed by atoms with E-state index in [1.165, 1.54) is 191 Å². The number of rotatable bonds is 34. The van der Waals surface area contributed by atoms with Crippen LogP contribution in [0.1, 0.15) is 218 Å². The molecule has 0 radical (unpaired) electrons. The number of hydrogen-bond acceptors (Lipinski definition) is 2. The van der Waals surface area contributed by atoms with Gasteiger partial charge in [0.1, 0.15) is 0 Å². The summed E-state index contributed by atoms with van der Waals surface area (Å²) in [6, 6.07) is 17.1. The molecule has 0 atom stereocenters. The van der Waals surface area contributed by atoms with Crippen molar-refractivity contribution in [2.45, 2.75) is 220 Å². The van der Waals surface area contributed by atoms with Gasteiger partial charge in [0.2, 0.25) is 0 Å². The number of para-hydroxylation sites is 1. The maximum Gasteiger partial charge on any atom is 0.0636 e. The van der Waals surface area contributed by atoms with Crippen LogP contribution in [-0.2, 0) is 33.3 Å². The molecule has 0 aliphatic rings. The Hall–Kier alpha value is -1.56. The van der Waals surface area contributed by atoms with Crippen LogP contribution in [0.2, 0.25) is 0 Å². The largest absolute Gasteiger partial charge is 0.255 e. The third-order valence-corrected chi connectivity index (χ3v) is 10.4. The van der Waals surface area contributed by atoms with Crippen molar-refractivity contribution < 1.29 is 20.4 Å². The molecular weight excluding hydrogens is 711 g/mol. The van der Waals surface area contributed by atoms with Gasteiger partial charge in [-0.25, -0.2) is 0 Å². The van der Waals surface area contributed by atoms with Crippen LogP contribution in [0.4, 0.5) is 11.4 Å². The zero-order chi connectivity index (χ0) is 35.6. The number of benzene rings is 2. The molecule has 2 nitrogen and oxygen atoms in total. The average molecular weight is 792 g/mol. The minimum atomic E-state index is 0. The van der Waals surface area contributed by atoms with Crippen LogP contribution in [0.15, 0.2) is 58.5 Å². The molecule has 0 amide bonds. The zero-order valence-corrected chi connectivity index (χ0v) is 35.4. The summed E-state index contributed by atoms with van der Waals surface area (Å²) in [5.74, 6) is 0. The summed E-state index contributed by atoms with van der Waals surface area (Å²) in [5, 5.41) is 0. The molecule has 0 aliphatic heterocycles. The van der Waals surface area contributed by atoms with E-state index in [-0.39, 0.29) is 20.4 Å². The SMILES string of the molecule is CCCCCCCCCCCCCCCCCCCCCCCCCCCCC(C=Nc1ccccc1)=Nc1ccc(CCC)c(CCC)c1.[Pd]. The molecular formula is C48H80N2Pd. The van der Waals surface area contributed by atoms with Gasteiger partial charge >= 0.3 is 0 Å². The molecule has 51 heavy (non-hydrogen) atoms. The van der Waals surface area contributed by atoms with E-state index in [9.17, 15) is 0 Å². The molecule has 0 unspecified atom stereocenters. The first-order valence-electron chi connectivity index (χ1n) is 22.0. The number of nitrogens with zero attached hydrogens (tertiary/aromatic N) is 2. The Morgan fingerprint density at radius 1 is 0.431 bits per heavy atom. The summed E-state index contributed by atoms with van der Waals surface area (Å²) in [6.45, 7) is 6.84. The van der Waals surface area contributed by atoms with Crippen LogP contribution in [-0.4, -0.2) is 11.9 Å². The van der Waals surface area contributed by atoms with Gasteiger partial charge in [-0.15, -0.1) is 0 Å². The van der Waals surface area contributed by atoms with Gasteiger partial charge in [-0.1, -0.05) is 218 Å². The van der Waals surface area contributed by atoms with E-state index in [1.54, 1.807) is 0 Å². The van der Waals surface area contributed by atoms with Gasteiger partial charge in [-0.3, -0.25) is 9.98 Å². The Bertz CT molecular complexity index is 1090. The van der Waals surface area contributed by atoms with Gasteiger partial charge in [0.05, 0.1) is 17.1 Å². The summed E-state index contributed by atoms with van der Waals surface area (Å²) in [5.41, 5.74) is 6.13. The number of aryl methyl sites for hydroxylation is 2. The maximum absolute atomic E-state index is 5.12. The fraction of sp³-hybridized carbons (Fsp3) is 0.708. The van der Waals surface area contributed by atoms with Crippen molar-refractivity contribution in [2.24, 2.45) is 9.98 Å². The fourth-order valence-corrected chi connectivity index (χ4v) is 7.30. The molecule has 2 rings (SSSR count). The molecule has 0 heterocycles. The first kappa shape index (κ1) is 47.5. The van der Waals surface area contributed by atoms with Gasteiger partial charge in [-0.05, 0) is 61.1 Å². The molecule has 0 spiro atoms. The monoisotopic (exact) mass is 791 g/mol. The Labute approximate surface area is 331 Å². The van der Waals surface area contributed by atoms with E-state index in [4.69, 9.17) is 9.98 Å². The Morgan fingerprint density at radius 2 is 0.843 bits per heavy atom. The quantitative estimate of drug-likeness (QED) is 0.0383. The fourth-order valence-electron chi connectivity index (χ4n) is 7.30. The van der Waals surface area contributed by atoms with Crippen molar-refractivity contribution in [3.8, 4) is 0 Å². The van der Waals surface area contributed by atoms with E-state index >= 15 is 0 Å². The van der Waals surface area contributed by atoms with E-state index in [1.807, 2.05) is 12.3 Å². The molecule has 2 aromatic carbocycles. The van der Waals surface area contributed by atoms with Gasteiger partial charge in [-0.2, -0.15) is 0 Å². The van der Waals surface area contributed by atoms with Gasteiger partial charge in [0, 0.05) is 26.6 Å². The molecule has 2 aromatic rings. The van der Waals surface area contributed by atoms with Crippen molar-refractivity contribution in [1.29, 1.82) is 0 Å². The van der Waals surface area contributed by atoms with Crippen LogP contribution in [0, 0.1) is 0 Å². The van der Waals surface area contributed by atoms with E-state index < -0.39 is 0 Å². The van der Waals surface area contributed by atoms with Crippen molar-refractivity contribution in [3.05, 3.63) is 59.7 Å². The van der Waals surface area contributed by atoms with E-state index in [0.717, 1.165) is 36.3 Å². The van der Waals surface area contributed by atoms with Crippen LogP contribution in [0.3, 0.4) is 0 Å². The number of unbranched alkanes of at least 4 members (excludes halogenated alkanes) is 25. The second-order valence-corrected chi connectivity index (χ2v) is 15.2. The number of hydrogen-bond donors (Lipinski definition) is 0. The van der Waals surface area contributed by atoms with Gasteiger partial charge in [0.15, 0.2) is 0 Å². The predicted molar refractivity (Wildman–Crippen MR) is 226 cm³/mol. The Kier molecular flexibility index (Phi) is 33.0. The average Bonchev–Trinajstić information content (AvgIpc) is 3.13. The summed E-state index contributed by atoms with van der Waals surface area (Å²) >= 11 is 0. The van der Waals surface area contributed by atoms with Gasteiger partial charge < -0.3 is 0 Å². The van der Waals surface area contributed by atoms with Crippen LogP contribution in [0.5, 0.6) is 0 Å². The molecule has 0 saturated carbocycles. The second kappa shape index (κ2) is 35.5. The molecule has 0 aliphatic carbocycles. The second-order valence-electron chi connectivity index (χ2n) is 15.2. The summed E-state index contributed by atoms with van der Waals surface area (Å²) in [6.07, 6.45) is 44.9. The molecule has 0 saturated heterocycles. The zero-order valence-electron chi connectivity index (χ0n) is 33.8. The summed E-state index contributed by atoms with van der Waals surface area (Å²) in [4.78, 5) is 9.88. The van der Waals surface area contributed by atoms with Crippen LogP contribution in [0.25, 0.3) is 0 Å². The smallest absolute Gasteiger partial charge is 0.0636 e. The third-order valence-electron chi connectivity index (χ3n) is 10.4. The van der Waals surface area contributed by atoms with Crippen molar-refractivity contribution >= 4 is 23.3 Å². The molecule has 292 valence electrons. The predicted octanol–water partition coefficient (Wildman–Crippen LogP) is 16.6. The minimum Gasteiger partial charge on any atom is -0.255 e. The van der Waals surface area contributed by atoms with Crippen molar-refractivity contribution in [1.82, 2.24) is 0 Å². The van der Waals surface area contributed by atoms with E-state index in [2.05, 4.69) is 63.2 Å². The first-order chi connectivity index (χ1) is 24.8. The van der Waals surface area contributed by atoms with Gasteiger partial charge in [0.25, 0.3) is 0 Å². The maximum atomic E-state index is 5.12. The Morgan fingerprint density at radius 3 is 1.27 bits per heavy atom. The summed E-state index contributed by atoms with van der Waals surface area (Å²) < 4.78 is 0. The van der Waals surface area contributed by atoms with E-state index in [0.29, 0.717) is 0 Å².